The van der Waals surface area contributed by atoms with Gasteiger partial charge in [-0.15, -0.1) is 0 Å². The maximum Gasteiger partial charge on any atom is 0.299 e. The monoisotopic (exact) mass is 375 g/mol. The number of para-hydroxylation sites is 1. The minimum Gasteiger partial charge on any atom is -0.432 e. The first kappa shape index (κ1) is 18.3. The Morgan fingerprint density at radius 1 is 1.11 bits per heavy atom. The molecule has 1 aliphatic rings. The Hall–Kier alpha value is -3.08. The number of carbonyl (C=O) groups excluding carboxylic acids is 1. The number of nitrogens with two attached hydrogens (primary N) is 1. The normalized spacial score (nSPS) is 16.0. The largest absolute Gasteiger partial charge is 0.432 e. The van der Waals surface area contributed by atoms with Crippen LogP contribution in [0.1, 0.15) is 55.2 Å². The predicted molar refractivity (Wildman–Crippen MR) is 109 cm³/mol. The van der Waals surface area contributed by atoms with E-state index in [1.807, 2.05) is 18.2 Å². The smallest absolute Gasteiger partial charge is 0.299 e. The van der Waals surface area contributed by atoms with Gasteiger partial charge < -0.3 is 15.5 Å². The molecule has 0 saturated heterocycles. The highest BCUT2D eigenvalue weighted by molar-refractivity contribution is 5.86. The van der Waals surface area contributed by atoms with Crippen molar-refractivity contribution in [2.75, 3.05) is 5.32 Å². The van der Waals surface area contributed by atoms with Crippen LogP contribution in [0.2, 0.25) is 0 Å². The van der Waals surface area contributed by atoms with E-state index in [0.717, 1.165) is 29.7 Å². The summed E-state index contributed by atoms with van der Waals surface area (Å²) in [6, 6.07) is 16.9. The highest BCUT2D eigenvalue weighted by Crippen LogP contribution is 2.59. The lowest BCUT2D eigenvalue weighted by atomic mass is 9.76. The molecule has 1 aromatic heterocycles. The molecule has 144 valence electrons. The molecule has 3 aromatic rings. The minimum atomic E-state index is -0.548. The molecule has 1 fully saturated rings. The fourth-order valence-corrected chi connectivity index (χ4v) is 3.94. The zero-order chi connectivity index (χ0) is 19.7. The van der Waals surface area contributed by atoms with Gasteiger partial charge in [0.15, 0.2) is 0 Å². The van der Waals surface area contributed by atoms with Crippen LogP contribution >= 0.6 is 0 Å². The second-order valence-corrected chi connectivity index (χ2v) is 7.82. The van der Waals surface area contributed by atoms with Gasteiger partial charge in [0.05, 0.1) is 11.6 Å². The topological polar surface area (TPSA) is 81.2 Å². The molecular formula is C23H25N3O2. The molecular weight excluding hydrogens is 350 g/mol. The number of nitrogens with one attached hydrogen (secondary N) is 1. The molecule has 0 bridgehead atoms. The molecule has 5 heteroatoms. The van der Waals surface area contributed by atoms with Gasteiger partial charge in [0, 0.05) is 11.6 Å². The quantitative estimate of drug-likeness (QED) is 0.613. The molecule has 5 nitrogen and oxygen atoms in total. The fraction of sp³-hybridized carbons (Fsp3) is 0.304. The van der Waals surface area contributed by atoms with Gasteiger partial charge in [-0.25, -0.2) is 4.98 Å². The molecule has 1 heterocycles. The first-order valence-electron chi connectivity index (χ1n) is 9.66. The average Bonchev–Trinajstić information content (AvgIpc) is 3.33. The van der Waals surface area contributed by atoms with Crippen LogP contribution in [0.4, 0.5) is 11.7 Å². The number of carbonyl (C=O) groups is 1. The van der Waals surface area contributed by atoms with Gasteiger partial charge >= 0.3 is 0 Å². The second-order valence-electron chi connectivity index (χ2n) is 7.82. The van der Waals surface area contributed by atoms with Crippen LogP contribution in [-0.2, 0) is 4.79 Å². The first-order valence-corrected chi connectivity index (χ1v) is 9.66. The van der Waals surface area contributed by atoms with E-state index in [4.69, 9.17) is 10.2 Å². The van der Waals surface area contributed by atoms with Gasteiger partial charge in [-0.05, 0) is 41.5 Å². The van der Waals surface area contributed by atoms with Crippen molar-refractivity contribution in [3.05, 3.63) is 77.7 Å². The molecule has 0 radical (unpaired) electrons. The number of primary amides is 1. The molecule has 1 amide bonds. The molecule has 1 unspecified atom stereocenters. The molecule has 3 N–H and O–H groups in total. The van der Waals surface area contributed by atoms with Crippen LogP contribution in [-0.4, -0.2) is 10.9 Å². The highest BCUT2D eigenvalue weighted by Gasteiger charge is 2.55. The SMILES string of the molecule is CC(C)c1ccc(C(c2ccccc2Nc2ncco2)C2(C(N)=O)CC2)cc1. The van der Waals surface area contributed by atoms with Crippen molar-refractivity contribution < 1.29 is 9.21 Å². The third kappa shape index (κ3) is 3.28. The number of benzene rings is 2. The summed E-state index contributed by atoms with van der Waals surface area (Å²) in [5.41, 5.74) is 9.60. The van der Waals surface area contributed by atoms with E-state index in [9.17, 15) is 4.79 Å². The van der Waals surface area contributed by atoms with Crippen molar-refractivity contribution in [2.24, 2.45) is 11.1 Å². The maximum atomic E-state index is 12.4. The van der Waals surface area contributed by atoms with Crippen molar-refractivity contribution in [1.82, 2.24) is 4.98 Å². The zero-order valence-corrected chi connectivity index (χ0v) is 16.2. The van der Waals surface area contributed by atoms with Crippen molar-refractivity contribution in [3.8, 4) is 0 Å². The number of nitrogens with zero attached hydrogens (tertiary/aromatic N) is 1. The van der Waals surface area contributed by atoms with Crippen LogP contribution in [0.15, 0.2) is 65.4 Å². The minimum absolute atomic E-state index is 0.120. The van der Waals surface area contributed by atoms with Crippen molar-refractivity contribution in [2.45, 2.75) is 38.5 Å². The Kier molecular flexibility index (Phi) is 4.67. The molecule has 1 atom stereocenters. The second kappa shape index (κ2) is 7.15. The van der Waals surface area contributed by atoms with Crippen LogP contribution in [0.5, 0.6) is 0 Å². The van der Waals surface area contributed by atoms with E-state index in [2.05, 4.69) is 54.5 Å². The summed E-state index contributed by atoms with van der Waals surface area (Å²) in [6.07, 6.45) is 4.72. The summed E-state index contributed by atoms with van der Waals surface area (Å²) in [5, 5.41) is 3.24. The maximum absolute atomic E-state index is 12.4. The molecule has 0 spiro atoms. The Morgan fingerprint density at radius 2 is 1.79 bits per heavy atom. The third-order valence-corrected chi connectivity index (χ3v) is 5.71. The summed E-state index contributed by atoms with van der Waals surface area (Å²) < 4.78 is 5.35. The van der Waals surface area contributed by atoms with Gasteiger partial charge in [-0.3, -0.25) is 4.79 Å². The molecule has 0 aliphatic heterocycles. The third-order valence-electron chi connectivity index (χ3n) is 5.71. The van der Waals surface area contributed by atoms with Crippen LogP contribution in [0, 0.1) is 5.41 Å². The summed E-state index contributed by atoms with van der Waals surface area (Å²) >= 11 is 0. The Labute approximate surface area is 165 Å². The lowest BCUT2D eigenvalue weighted by molar-refractivity contribution is -0.123. The number of rotatable bonds is 7. The van der Waals surface area contributed by atoms with Crippen molar-refractivity contribution in [1.29, 1.82) is 0 Å². The standard InChI is InChI=1S/C23H25N3O2/c1-15(2)16-7-9-17(10-8-16)20(23(11-12-23)21(24)27)18-5-3-4-6-19(18)26-22-25-13-14-28-22/h3-10,13-15,20H,11-12H2,1-2H3,(H2,24,27)(H,25,26). The van der Waals surface area contributed by atoms with E-state index in [-0.39, 0.29) is 11.8 Å². The zero-order valence-electron chi connectivity index (χ0n) is 16.2. The number of aromatic nitrogens is 1. The Balaban J connectivity index is 1.80. The number of oxazole rings is 1. The lowest BCUT2D eigenvalue weighted by Gasteiger charge is -2.28. The fourth-order valence-electron chi connectivity index (χ4n) is 3.94. The summed E-state index contributed by atoms with van der Waals surface area (Å²) in [4.78, 5) is 16.6. The Bertz CT molecular complexity index is 958. The average molecular weight is 375 g/mol. The number of hydrogen-bond acceptors (Lipinski definition) is 4. The summed E-state index contributed by atoms with van der Waals surface area (Å²) in [5.74, 6) is 0.0961. The van der Waals surface area contributed by atoms with E-state index < -0.39 is 5.41 Å². The van der Waals surface area contributed by atoms with Crippen molar-refractivity contribution in [3.63, 3.8) is 0 Å². The highest BCUT2D eigenvalue weighted by atomic mass is 16.4. The van der Waals surface area contributed by atoms with Gasteiger partial charge in [0.25, 0.3) is 6.01 Å². The number of anilines is 2. The van der Waals surface area contributed by atoms with Gasteiger partial charge in [0.1, 0.15) is 6.26 Å². The van der Waals surface area contributed by atoms with Crippen LogP contribution < -0.4 is 11.1 Å². The van der Waals surface area contributed by atoms with E-state index in [1.54, 1.807) is 6.20 Å². The number of amides is 1. The molecule has 4 rings (SSSR count). The summed E-state index contributed by atoms with van der Waals surface area (Å²) in [7, 11) is 0. The van der Waals surface area contributed by atoms with E-state index in [1.165, 1.54) is 11.8 Å². The molecule has 1 saturated carbocycles. The van der Waals surface area contributed by atoms with E-state index >= 15 is 0 Å². The van der Waals surface area contributed by atoms with Crippen LogP contribution in [0.25, 0.3) is 0 Å². The first-order chi connectivity index (χ1) is 13.5. The Morgan fingerprint density at radius 3 is 2.36 bits per heavy atom. The number of hydrogen-bond donors (Lipinski definition) is 2. The van der Waals surface area contributed by atoms with Crippen molar-refractivity contribution >= 4 is 17.6 Å². The van der Waals surface area contributed by atoms with Gasteiger partial charge in [-0.2, -0.15) is 0 Å². The van der Waals surface area contributed by atoms with Gasteiger partial charge in [0.2, 0.25) is 5.91 Å². The van der Waals surface area contributed by atoms with Gasteiger partial charge in [-0.1, -0.05) is 56.3 Å². The lowest BCUT2D eigenvalue weighted by Crippen LogP contribution is -2.31. The van der Waals surface area contributed by atoms with E-state index in [0.29, 0.717) is 11.9 Å². The molecule has 2 aromatic carbocycles. The predicted octanol–water partition coefficient (Wildman–Crippen LogP) is 4.94. The van der Waals surface area contributed by atoms with Crippen LogP contribution in [0.3, 0.4) is 0 Å². The molecule has 1 aliphatic carbocycles. The summed E-state index contributed by atoms with van der Waals surface area (Å²) in [6.45, 7) is 4.35. The molecule has 28 heavy (non-hydrogen) atoms.